The third-order valence-electron chi connectivity index (χ3n) is 2.42. The lowest BCUT2D eigenvalue weighted by Gasteiger charge is -2.11. The summed E-state index contributed by atoms with van der Waals surface area (Å²) in [6.45, 7) is 2.14. The number of carbonyl (C=O) groups excluding carboxylic acids is 1. The summed E-state index contributed by atoms with van der Waals surface area (Å²) in [5, 5.41) is 11.3. The van der Waals surface area contributed by atoms with E-state index in [1.54, 1.807) is 6.92 Å². The Morgan fingerprint density at radius 3 is 2.72 bits per heavy atom. The van der Waals surface area contributed by atoms with Crippen molar-refractivity contribution >= 4 is 17.6 Å². The van der Waals surface area contributed by atoms with Gasteiger partial charge < -0.3 is 16.2 Å². The molecule has 0 saturated carbocycles. The van der Waals surface area contributed by atoms with Crippen molar-refractivity contribution in [3.05, 3.63) is 29.6 Å². The number of carbonyl (C=O) groups is 2. The molecule has 0 saturated heterocycles. The molecule has 1 aromatic carbocycles. The van der Waals surface area contributed by atoms with Crippen molar-refractivity contribution in [2.75, 3.05) is 11.9 Å². The van der Waals surface area contributed by atoms with E-state index in [2.05, 4.69) is 5.32 Å². The van der Waals surface area contributed by atoms with E-state index in [0.29, 0.717) is 6.54 Å². The van der Waals surface area contributed by atoms with Gasteiger partial charge in [0.05, 0.1) is 11.3 Å². The monoisotopic (exact) mass is 254 g/mol. The molecule has 1 aromatic rings. The SMILES string of the molecule is CC(CN)CC(=O)Nc1cc(F)ccc1C(=O)O. The van der Waals surface area contributed by atoms with E-state index in [0.717, 1.165) is 18.2 Å². The Hall–Kier alpha value is -1.95. The molecule has 0 heterocycles. The zero-order chi connectivity index (χ0) is 13.7. The van der Waals surface area contributed by atoms with Crippen LogP contribution in [-0.4, -0.2) is 23.5 Å². The van der Waals surface area contributed by atoms with E-state index in [-0.39, 0.29) is 29.5 Å². The quantitative estimate of drug-likeness (QED) is 0.741. The minimum atomic E-state index is -1.22. The Morgan fingerprint density at radius 2 is 2.17 bits per heavy atom. The van der Waals surface area contributed by atoms with Gasteiger partial charge in [0.1, 0.15) is 5.82 Å². The third-order valence-corrected chi connectivity index (χ3v) is 2.42. The van der Waals surface area contributed by atoms with E-state index in [1.807, 2.05) is 0 Å². The van der Waals surface area contributed by atoms with Crippen LogP contribution in [0.5, 0.6) is 0 Å². The smallest absolute Gasteiger partial charge is 0.337 e. The molecule has 6 heteroatoms. The van der Waals surface area contributed by atoms with Gasteiger partial charge in [0.15, 0.2) is 0 Å². The normalized spacial score (nSPS) is 11.9. The second-order valence-electron chi connectivity index (χ2n) is 4.09. The molecule has 0 aliphatic carbocycles. The average Bonchev–Trinajstić information content (AvgIpc) is 2.28. The van der Waals surface area contributed by atoms with Crippen LogP contribution in [0.15, 0.2) is 18.2 Å². The van der Waals surface area contributed by atoms with Gasteiger partial charge in [0.2, 0.25) is 5.91 Å². The van der Waals surface area contributed by atoms with Gasteiger partial charge >= 0.3 is 5.97 Å². The number of anilines is 1. The first kappa shape index (κ1) is 14.1. The topological polar surface area (TPSA) is 92.4 Å². The maximum Gasteiger partial charge on any atom is 0.337 e. The van der Waals surface area contributed by atoms with Crippen molar-refractivity contribution in [3.63, 3.8) is 0 Å². The van der Waals surface area contributed by atoms with Gasteiger partial charge in [-0.2, -0.15) is 0 Å². The Balaban J connectivity index is 2.86. The molecule has 5 nitrogen and oxygen atoms in total. The molecule has 0 bridgehead atoms. The molecule has 0 spiro atoms. The van der Waals surface area contributed by atoms with Gasteiger partial charge in [-0.3, -0.25) is 4.79 Å². The molecule has 98 valence electrons. The highest BCUT2D eigenvalue weighted by molar-refractivity contribution is 6.00. The number of rotatable bonds is 5. The first-order valence-electron chi connectivity index (χ1n) is 5.46. The van der Waals surface area contributed by atoms with Crippen LogP contribution in [0, 0.1) is 11.7 Å². The van der Waals surface area contributed by atoms with Crippen LogP contribution in [0.2, 0.25) is 0 Å². The summed E-state index contributed by atoms with van der Waals surface area (Å²) in [4.78, 5) is 22.5. The molecule has 18 heavy (non-hydrogen) atoms. The van der Waals surface area contributed by atoms with E-state index < -0.39 is 11.8 Å². The van der Waals surface area contributed by atoms with Crippen LogP contribution < -0.4 is 11.1 Å². The Kier molecular flexibility index (Phi) is 4.79. The summed E-state index contributed by atoms with van der Waals surface area (Å²) in [5.41, 5.74) is 5.19. The molecule has 1 amide bonds. The van der Waals surface area contributed by atoms with Crippen molar-refractivity contribution in [1.29, 1.82) is 0 Å². The molecule has 1 rings (SSSR count). The fourth-order valence-corrected chi connectivity index (χ4v) is 1.41. The van der Waals surface area contributed by atoms with Crippen LogP contribution in [0.3, 0.4) is 0 Å². The predicted octanol–water partition coefficient (Wildman–Crippen LogP) is 1.45. The fourth-order valence-electron chi connectivity index (χ4n) is 1.41. The van der Waals surface area contributed by atoms with E-state index in [1.165, 1.54) is 0 Å². The number of carboxylic acid groups (broad SMARTS) is 1. The number of nitrogens with one attached hydrogen (secondary N) is 1. The summed E-state index contributed by atoms with van der Waals surface area (Å²) in [6, 6.07) is 3.12. The van der Waals surface area contributed by atoms with E-state index in [4.69, 9.17) is 10.8 Å². The lowest BCUT2D eigenvalue weighted by Crippen LogP contribution is -2.21. The molecule has 0 aromatic heterocycles. The summed E-state index contributed by atoms with van der Waals surface area (Å²) < 4.78 is 13.0. The average molecular weight is 254 g/mol. The molecular formula is C12H15FN2O3. The Morgan fingerprint density at radius 1 is 1.50 bits per heavy atom. The first-order chi connectivity index (χ1) is 8.43. The van der Waals surface area contributed by atoms with Crippen molar-refractivity contribution in [2.45, 2.75) is 13.3 Å². The molecule has 0 radical (unpaired) electrons. The molecule has 1 unspecified atom stereocenters. The van der Waals surface area contributed by atoms with Gasteiger partial charge in [0, 0.05) is 6.42 Å². The van der Waals surface area contributed by atoms with Gasteiger partial charge in [-0.1, -0.05) is 6.92 Å². The van der Waals surface area contributed by atoms with E-state index >= 15 is 0 Å². The van der Waals surface area contributed by atoms with Crippen molar-refractivity contribution in [1.82, 2.24) is 0 Å². The highest BCUT2D eigenvalue weighted by Crippen LogP contribution is 2.18. The zero-order valence-electron chi connectivity index (χ0n) is 9.94. The Labute approximate surface area is 104 Å². The predicted molar refractivity (Wildman–Crippen MR) is 64.8 cm³/mol. The van der Waals surface area contributed by atoms with Crippen LogP contribution >= 0.6 is 0 Å². The second-order valence-corrected chi connectivity index (χ2v) is 4.09. The van der Waals surface area contributed by atoms with Gasteiger partial charge in [0.25, 0.3) is 0 Å². The zero-order valence-corrected chi connectivity index (χ0v) is 9.94. The minimum Gasteiger partial charge on any atom is -0.478 e. The number of hydrogen-bond donors (Lipinski definition) is 3. The molecular weight excluding hydrogens is 239 g/mol. The summed E-state index contributed by atoms with van der Waals surface area (Å²) >= 11 is 0. The minimum absolute atomic E-state index is 0.0214. The third kappa shape index (κ3) is 3.81. The highest BCUT2D eigenvalue weighted by Gasteiger charge is 2.14. The fraction of sp³-hybridized carbons (Fsp3) is 0.333. The number of benzene rings is 1. The molecule has 0 aliphatic heterocycles. The number of nitrogens with two attached hydrogens (primary N) is 1. The van der Waals surface area contributed by atoms with Crippen molar-refractivity contribution in [3.8, 4) is 0 Å². The maximum atomic E-state index is 13.0. The second kappa shape index (κ2) is 6.11. The maximum absolute atomic E-state index is 13.0. The number of halogens is 1. The molecule has 0 aliphatic rings. The lowest BCUT2D eigenvalue weighted by atomic mass is 10.1. The molecule has 1 atom stereocenters. The number of amides is 1. The molecule has 4 N–H and O–H groups in total. The number of hydrogen-bond acceptors (Lipinski definition) is 3. The summed E-state index contributed by atoms with van der Waals surface area (Å²) in [6.07, 6.45) is 0.159. The van der Waals surface area contributed by atoms with Crippen LogP contribution in [0.4, 0.5) is 10.1 Å². The molecule has 0 fully saturated rings. The summed E-state index contributed by atoms with van der Waals surface area (Å²) in [7, 11) is 0. The van der Waals surface area contributed by atoms with E-state index in [9.17, 15) is 14.0 Å². The lowest BCUT2D eigenvalue weighted by molar-refractivity contribution is -0.116. The van der Waals surface area contributed by atoms with Gasteiger partial charge in [-0.05, 0) is 30.7 Å². The Bertz CT molecular complexity index is 463. The van der Waals surface area contributed by atoms with Crippen LogP contribution in [0.1, 0.15) is 23.7 Å². The van der Waals surface area contributed by atoms with Gasteiger partial charge in [-0.25, -0.2) is 9.18 Å². The summed E-state index contributed by atoms with van der Waals surface area (Å²) in [5.74, 6) is -2.24. The number of aromatic carboxylic acids is 1. The highest BCUT2D eigenvalue weighted by atomic mass is 19.1. The number of carboxylic acids is 1. The largest absolute Gasteiger partial charge is 0.478 e. The van der Waals surface area contributed by atoms with Gasteiger partial charge in [-0.15, -0.1) is 0 Å². The standard InChI is InChI=1S/C12H15FN2O3/c1-7(6-14)4-11(16)15-10-5-8(13)2-3-9(10)12(17)18/h2-3,5,7H,4,6,14H2,1H3,(H,15,16)(H,17,18). The van der Waals surface area contributed by atoms with Crippen LogP contribution in [0.25, 0.3) is 0 Å². The first-order valence-corrected chi connectivity index (χ1v) is 5.46. The van der Waals surface area contributed by atoms with Crippen molar-refractivity contribution in [2.24, 2.45) is 11.7 Å². The van der Waals surface area contributed by atoms with Crippen molar-refractivity contribution < 1.29 is 19.1 Å². The van der Waals surface area contributed by atoms with Crippen LogP contribution in [-0.2, 0) is 4.79 Å².